The predicted molar refractivity (Wildman–Crippen MR) is 57.3 cm³/mol. The van der Waals surface area contributed by atoms with E-state index in [2.05, 4.69) is 6.92 Å². The summed E-state index contributed by atoms with van der Waals surface area (Å²) in [6, 6.07) is 0. The van der Waals surface area contributed by atoms with Crippen LogP contribution in [0.5, 0.6) is 0 Å². The monoisotopic (exact) mass is 218 g/mol. The van der Waals surface area contributed by atoms with Crippen LogP contribution in [0.25, 0.3) is 0 Å². The zero-order valence-electron chi connectivity index (χ0n) is 10.1. The molecule has 0 unspecified atom stereocenters. The summed E-state index contributed by atoms with van der Waals surface area (Å²) in [4.78, 5) is 5.19. The first-order chi connectivity index (χ1) is 6.19. The lowest BCUT2D eigenvalue weighted by atomic mass is 10.0. The fraction of sp³-hybridized carbons (Fsp3) is 1.00. The summed E-state index contributed by atoms with van der Waals surface area (Å²) < 4.78 is 16.5. The van der Waals surface area contributed by atoms with Gasteiger partial charge >= 0.3 is 8.93 Å². The molecule has 0 aromatic heterocycles. The molecule has 0 saturated carbocycles. The van der Waals surface area contributed by atoms with Gasteiger partial charge in [-0.2, -0.15) is 4.89 Å². The molecule has 0 fully saturated rings. The fourth-order valence-corrected chi connectivity index (χ4v) is 1.47. The van der Waals surface area contributed by atoms with Gasteiger partial charge in [0, 0.05) is 5.04 Å². The number of hydrogen-bond acceptors (Lipinski definition) is 3. The van der Waals surface area contributed by atoms with E-state index in [1.54, 1.807) is 0 Å². The molecule has 0 atom stereocenters. The Morgan fingerprint density at radius 1 is 1.14 bits per heavy atom. The molecule has 4 heteroatoms. The Morgan fingerprint density at radius 3 is 2.00 bits per heavy atom. The summed E-state index contributed by atoms with van der Waals surface area (Å²) in [5, 5.41) is -0.326. The van der Waals surface area contributed by atoms with Crippen molar-refractivity contribution in [2.24, 2.45) is 0 Å². The van der Waals surface area contributed by atoms with Crippen molar-refractivity contribution in [3.05, 3.63) is 0 Å². The van der Waals surface area contributed by atoms with Gasteiger partial charge in [0.1, 0.15) is 5.60 Å². The quantitative estimate of drug-likeness (QED) is 0.404. The van der Waals surface area contributed by atoms with Gasteiger partial charge in [-0.05, 0) is 20.3 Å². The van der Waals surface area contributed by atoms with Gasteiger partial charge in [-0.3, -0.25) is 0 Å². The second kappa shape index (κ2) is 5.03. The van der Waals surface area contributed by atoms with E-state index in [0.717, 1.165) is 12.8 Å². The Balaban J connectivity index is 4.00. The Bertz CT molecular complexity index is 194. The minimum Gasteiger partial charge on any atom is -0.360 e. The molecule has 0 N–H and O–H groups in total. The van der Waals surface area contributed by atoms with Gasteiger partial charge in [0.25, 0.3) is 0 Å². The topological polar surface area (TPSA) is 35.5 Å². The fourth-order valence-electron chi connectivity index (χ4n) is 0.919. The van der Waals surface area contributed by atoms with Crippen molar-refractivity contribution in [2.75, 3.05) is 0 Å². The van der Waals surface area contributed by atoms with Crippen molar-refractivity contribution in [3.8, 4) is 0 Å². The molecule has 0 aromatic rings. The van der Waals surface area contributed by atoms with E-state index in [4.69, 9.17) is 9.46 Å². The molecule has 0 spiro atoms. The molecule has 0 aliphatic heterocycles. The molecule has 3 nitrogen and oxygen atoms in total. The van der Waals surface area contributed by atoms with Gasteiger partial charge in [-0.1, -0.05) is 34.1 Å². The van der Waals surface area contributed by atoms with E-state index in [9.17, 15) is 4.46 Å². The highest BCUT2D eigenvalue weighted by molar-refractivity contribution is 6.38. The van der Waals surface area contributed by atoms with Crippen LogP contribution in [0.4, 0.5) is 0 Å². The van der Waals surface area contributed by atoms with Crippen LogP contribution in [-0.4, -0.2) is 14.5 Å². The summed E-state index contributed by atoms with van der Waals surface area (Å²) >= 11 is 0. The van der Waals surface area contributed by atoms with Crippen LogP contribution in [0.1, 0.15) is 54.4 Å². The lowest BCUT2D eigenvalue weighted by Crippen LogP contribution is -2.29. The Labute approximate surface area is 88.5 Å². The normalized spacial score (nSPS) is 12.7. The van der Waals surface area contributed by atoms with E-state index in [1.165, 1.54) is 0 Å². The third-order valence-electron chi connectivity index (χ3n) is 1.81. The van der Waals surface area contributed by atoms with Crippen LogP contribution in [0.3, 0.4) is 0 Å². The van der Waals surface area contributed by atoms with Crippen molar-refractivity contribution in [2.45, 2.75) is 65.0 Å². The largest absolute Gasteiger partial charge is 0.543 e. The van der Waals surface area contributed by atoms with Crippen LogP contribution >= 0.6 is 0 Å². The van der Waals surface area contributed by atoms with Gasteiger partial charge in [-0.25, -0.2) is 0 Å². The minimum absolute atomic E-state index is 0.326. The highest BCUT2D eigenvalue weighted by Crippen LogP contribution is 2.25. The first kappa shape index (κ1) is 13.8. The zero-order chi connectivity index (χ0) is 11.4. The lowest BCUT2D eigenvalue weighted by molar-refractivity contribution is -0.292. The minimum atomic E-state index is -2.13. The van der Waals surface area contributed by atoms with Crippen molar-refractivity contribution in [1.82, 2.24) is 0 Å². The Hall–Kier alpha value is -0.223. The third-order valence-corrected chi connectivity index (χ3v) is 3.27. The van der Waals surface area contributed by atoms with Crippen molar-refractivity contribution >= 4 is 8.93 Å². The summed E-state index contributed by atoms with van der Waals surface area (Å²) in [5.74, 6) is 0. The van der Waals surface area contributed by atoms with E-state index in [1.807, 2.05) is 34.6 Å². The molecular formula is C10H22O3Si. The van der Waals surface area contributed by atoms with Gasteiger partial charge in [0.2, 0.25) is 0 Å². The SMILES string of the molecule is CCCC(C)(C)OO[Si](=O)C(C)(C)C. The third kappa shape index (κ3) is 5.50. The maximum Gasteiger partial charge on any atom is 0.543 e. The van der Waals surface area contributed by atoms with Crippen LogP contribution in [0, 0.1) is 0 Å². The second-order valence-electron chi connectivity index (χ2n) is 5.21. The number of hydrogen-bond donors (Lipinski definition) is 0. The first-order valence-electron chi connectivity index (χ1n) is 5.09. The molecule has 0 heterocycles. The molecule has 14 heavy (non-hydrogen) atoms. The van der Waals surface area contributed by atoms with E-state index in [-0.39, 0.29) is 10.6 Å². The first-order valence-corrected chi connectivity index (χ1v) is 6.41. The van der Waals surface area contributed by atoms with Crippen LogP contribution in [-0.2, 0) is 13.9 Å². The Kier molecular flexibility index (Phi) is 4.95. The van der Waals surface area contributed by atoms with Crippen molar-refractivity contribution < 1.29 is 13.9 Å². The lowest BCUT2D eigenvalue weighted by Gasteiger charge is -2.24. The average molecular weight is 218 g/mol. The van der Waals surface area contributed by atoms with Gasteiger partial charge in [-0.15, -0.1) is 0 Å². The summed E-state index contributed by atoms with van der Waals surface area (Å²) in [7, 11) is -2.13. The molecule has 0 radical (unpaired) electrons. The second-order valence-corrected chi connectivity index (χ2v) is 7.46. The number of rotatable bonds is 5. The molecule has 0 aliphatic rings. The molecule has 0 bridgehead atoms. The summed E-state index contributed by atoms with van der Waals surface area (Å²) in [6.07, 6.45) is 1.92. The highest BCUT2D eigenvalue weighted by atomic mass is 28.3. The molecule has 0 amide bonds. The van der Waals surface area contributed by atoms with Gasteiger partial charge in [0.05, 0.1) is 0 Å². The molecule has 0 rings (SSSR count). The maximum absolute atomic E-state index is 11.6. The molecule has 84 valence electrons. The smallest absolute Gasteiger partial charge is 0.360 e. The van der Waals surface area contributed by atoms with E-state index < -0.39 is 8.93 Å². The molecule has 0 aromatic carbocycles. The van der Waals surface area contributed by atoms with Gasteiger partial charge in [0.15, 0.2) is 0 Å². The molecule has 0 saturated heterocycles. The average Bonchev–Trinajstić information content (AvgIpc) is 1.98. The van der Waals surface area contributed by atoms with Crippen LogP contribution in [0.15, 0.2) is 0 Å². The van der Waals surface area contributed by atoms with Crippen LogP contribution < -0.4 is 0 Å². The van der Waals surface area contributed by atoms with E-state index in [0.29, 0.717) is 0 Å². The van der Waals surface area contributed by atoms with E-state index >= 15 is 0 Å². The van der Waals surface area contributed by atoms with Crippen molar-refractivity contribution in [3.63, 3.8) is 0 Å². The maximum atomic E-state index is 11.6. The summed E-state index contributed by atoms with van der Waals surface area (Å²) in [6.45, 7) is 11.6. The summed E-state index contributed by atoms with van der Waals surface area (Å²) in [5.41, 5.74) is -0.347. The van der Waals surface area contributed by atoms with Gasteiger partial charge < -0.3 is 9.04 Å². The zero-order valence-corrected chi connectivity index (χ0v) is 11.1. The highest BCUT2D eigenvalue weighted by Gasteiger charge is 2.31. The van der Waals surface area contributed by atoms with Crippen LogP contribution in [0.2, 0.25) is 5.04 Å². The molecule has 0 aliphatic carbocycles. The Morgan fingerprint density at radius 2 is 1.64 bits per heavy atom. The van der Waals surface area contributed by atoms with Crippen molar-refractivity contribution in [1.29, 1.82) is 0 Å². The predicted octanol–water partition coefficient (Wildman–Crippen LogP) is 3.23. The standard InChI is InChI=1S/C10H22O3Si/c1-7-8-10(5,6)12-13-14(11)9(2,3)4/h7-8H2,1-6H3. The molecular weight excluding hydrogens is 196 g/mol.